The molecule has 0 radical (unpaired) electrons. The van der Waals surface area contributed by atoms with Crippen LogP contribution in [0.3, 0.4) is 0 Å². The highest BCUT2D eigenvalue weighted by Crippen LogP contribution is 2.39. The van der Waals surface area contributed by atoms with Crippen LogP contribution in [0.5, 0.6) is 11.9 Å². The number of ether oxygens (including phenoxy) is 2. The molecule has 3 aliphatic heterocycles. The van der Waals surface area contributed by atoms with Crippen molar-refractivity contribution < 1.29 is 42.1 Å². The van der Waals surface area contributed by atoms with Crippen molar-refractivity contribution in [1.82, 2.24) is 30.1 Å². The van der Waals surface area contributed by atoms with Crippen LogP contribution >= 0.6 is 0 Å². The van der Waals surface area contributed by atoms with Crippen LogP contribution in [0.4, 0.5) is 18.0 Å². The van der Waals surface area contributed by atoms with E-state index < -0.39 is 12.1 Å². The fourth-order valence-electron chi connectivity index (χ4n) is 6.42. The average Bonchev–Trinajstić information content (AvgIpc) is 3.01. The Morgan fingerprint density at radius 2 is 1.74 bits per heavy atom. The maximum Gasteiger partial charge on any atom is 0.490 e. The minimum Gasteiger partial charge on any atom is -0.475 e. The summed E-state index contributed by atoms with van der Waals surface area (Å²) in [6.07, 6.45) is 3.32. The molecular formula is C31H41F3N6O6. The summed E-state index contributed by atoms with van der Waals surface area (Å²) in [6, 6.07) is 6.01. The highest BCUT2D eigenvalue weighted by molar-refractivity contribution is 5.96. The number of hydrogen-bond donors (Lipinski definition) is 2. The Balaban J connectivity index is 0.000000617. The summed E-state index contributed by atoms with van der Waals surface area (Å²) in [5.41, 5.74) is 1.44. The molecule has 252 valence electrons. The molecule has 15 heteroatoms. The van der Waals surface area contributed by atoms with Crippen LogP contribution in [-0.4, -0.2) is 98.4 Å². The molecule has 1 atom stereocenters. The van der Waals surface area contributed by atoms with E-state index in [9.17, 15) is 22.8 Å². The number of aromatic nitrogens is 3. The lowest BCUT2D eigenvalue weighted by Crippen LogP contribution is -2.60. The molecule has 46 heavy (non-hydrogen) atoms. The molecule has 2 aromatic heterocycles. The van der Waals surface area contributed by atoms with E-state index in [4.69, 9.17) is 19.4 Å². The van der Waals surface area contributed by atoms with Gasteiger partial charge in [0, 0.05) is 69.8 Å². The number of piperidine rings is 2. The molecule has 5 rings (SSSR count). The van der Waals surface area contributed by atoms with Crippen LogP contribution in [0.25, 0.3) is 0 Å². The van der Waals surface area contributed by atoms with Crippen molar-refractivity contribution in [2.75, 3.05) is 32.7 Å². The molecule has 0 bridgehead atoms. The molecule has 3 aliphatic rings. The normalized spacial score (nSPS) is 20.3. The first-order valence-electron chi connectivity index (χ1n) is 15.6. The molecule has 2 aromatic rings. The topological polar surface area (TPSA) is 147 Å². The second-order valence-corrected chi connectivity index (χ2v) is 11.9. The zero-order valence-corrected chi connectivity index (χ0v) is 26.3. The zero-order valence-electron chi connectivity index (χ0n) is 26.3. The van der Waals surface area contributed by atoms with Crippen molar-refractivity contribution in [2.45, 2.75) is 83.5 Å². The largest absolute Gasteiger partial charge is 0.490 e. The van der Waals surface area contributed by atoms with E-state index in [1.807, 2.05) is 30.9 Å². The number of halogens is 3. The molecule has 2 N–H and O–H groups in total. The van der Waals surface area contributed by atoms with E-state index in [0.717, 1.165) is 64.6 Å². The maximum atomic E-state index is 13.5. The molecule has 0 aromatic carbocycles. The number of aliphatic carboxylic acids is 1. The number of amides is 2. The number of aryl methyl sites for hydroxylation is 2. The van der Waals surface area contributed by atoms with Gasteiger partial charge in [-0.3, -0.25) is 9.69 Å². The number of carboxylic acids is 1. The number of carbonyl (C=O) groups excluding carboxylic acids is 2. The van der Waals surface area contributed by atoms with Crippen molar-refractivity contribution >= 4 is 18.0 Å². The van der Waals surface area contributed by atoms with E-state index in [-0.39, 0.29) is 23.6 Å². The first kappa shape index (κ1) is 34.9. The van der Waals surface area contributed by atoms with Gasteiger partial charge in [0.05, 0.1) is 17.0 Å². The quantitative estimate of drug-likeness (QED) is 0.424. The van der Waals surface area contributed by atoms with Gasteiger partial charge < -0.3 is 24.8 Å². The van der Waals surface area contributed by atoms with Crippen molar-refractivity contribution in [1.29, 1.82) is 0 Å². The fraction of sp³-hybridized carbons (Fsp3) is 0.613. The molecule has 3 saturated heterocycles. The number of alkyl halides is 3. The number of unbranched alkanes of at least 4 members (excludes halogenated alkanes) is 1. The van der Waals surface area contributed by atoms with E-state index in [1.165, 1.54) is 0 Å². The number of nitrogens with one attached hydrogen (secondary N) is 1. The Labute approximate surface area is 265 Å². The third-order valence-electron chi connectivity index (χ3n) is 8.89. The van der Waals surface area contributed by atoms with Crippen LogP contribution in [0, 0.1) is 19.8 Å². The summed E-state index contributed by atoms with van der Waals surface area (Å²) in [5, 5.41) is 10.0. The monoisotopic (exact) mass is 650 g/mol. The lowest BCUT2D eigenvalue weighted by atomic mass is 9.75. The molecule has 1 spiro atoms. The van der Waals surface area contributed by atoms with Gasteiger partial charge in [0.2, 0.25) is 5.88 Å². The van der Waals surface area contributed by atoms with Crippen molar-refractivity contribution in [3.63, 3.8) is 0 Å². The van der Waals surface area contributed by atoms with Crippen molar-refractivity contribution in [2.24, 2.45) is 5.92 Å². The van der Waals surface area contributed by atoms with Crippen LogP contribution in [0.2, 0.25) is 0 Å². The molecule has 12 nitrogen and oxygen atoms in total. The van der Waals surface area contributed by atoms with E-state index in [0.29, 0.717) is 47.9 Å². The Morgan fingerprint density at radius 1 is 1.11 bits per heavy atom. The van der Waals surface area contributed by atoms with Gasteiger partial charge in [-0.1, -0.05) is 25.8 Å². The number of likely N-dealkylation sites (tertiary alicyclic amines) is 2. The molecule has 0 saturated carbocycles. The Kier molecular flexibility index (Phi) is 11.4. The summed E-state index contributed by atoms with van der Waals surface area (Å²) < 4.78 is 43.4. The maximum absolute atomic E-state index is 13.5. The molecule has 0 aliphatic carbocycles. The Hall–Kier alpha value is -4.01. The van der Waals surface area contributed by atoms with Crippen molar-refractivity contribution in [3.8, 4) is 11.9 Å². The molecule has 3 fully saturated rings. The number of pyridine rings is 1. The van der Waals surface area contributed by atoms with E-state index in [1.54, 1.807) is 12.3 Å². The van der Waals surface area contributed by atoms with Gasteiger partial charge >= 0.3 is 24.2 Å². The smallest absolute Gasteiger partial charge is 0.475 e. The first-order valence-corrected chi connectivity index (χ1v) is 15.6. The van der Waals surface area contributed by atoms with E-state index >= 15 is 0 Å². The third-order valence-corrected chi connectivity index (χ3v) is 8.89. The SMILES string of the molecule is CCCCC1CNC(=O)OC12CCN(C1CCN(C(=O)c3c(C)nc(Oc4ccccn4)nc3C)CC1)CC2.O=C(O)C(F)(F)F. The lowest BCUT2D eigenvalue weighted by molar-refractivity contribution is -0.192. The molecule has 1 unspecified atom stereocenters. The summed E-state index contributed by atoms with van der Waals surface area (Å²) in [5.74, 6) is -1.99. The summed E-state index contributed by atoms with van der Waals surface area (Å²) in [6.45, 7) is 9.84. The lowest BCUT2D eigenvalue weighted by Gasteiger charge is -2.50. The summed E-state index contributed by atoms with van der Waals surface area (Å²) >= 11 is 0. The minimum absolute atomic E-state index is 0.0224. The predicted molar refractivity (Wildman–Crippen MR) is 159 cm³/mol. The second-order valence-electron chi connectivity index (χ2n) is 11.9. The summed E-state index contributed by atoms with van der Waals surface area (Å²) in [7, 11) is 0. The average molecular weight is 651 g/mol. The predicted octanol–water partition coefficient (Wildman–Crippen LogP) is 4.90. The number of hydrogen-bond acceptors (Lipinski definition) is 9. The molecule has 5 heterocycles. The highest BCUT2D eigenvalue weighted by atomic mass is 19.4. The van der Waals surface area contributed by atoms with Gasteiger partial charge in [-0.25, -0.2) is 14.6 Å². The highest BCUT2D eigenvalue weighted by Gasteiger charge is 2.48. The van der Waals surface area contributed by atoms with Crippen LogP contribution in [0.15, 0.2) is 24.4 Å². The van der Waals surface area contributed by atoms with Crippen LogP contribution < -0.4 is 10.1 Å². The number of nitrogens with zero attached hydrogens (tertiary/aromatic N) is 5. The van der Waals surface area contributed by atoms with Crippen LogP contribution in [-0.2, 0) is 9.53 Å². The van der Waals surface area contributed by atoms with Gasteiger partial charge in [0.25, 0.3) is 5.91 Å². The number of alkyl carbamates (subject to hydrolysis) is 1. The standard InChI is InChI=1S/C29H40N6O4.C2HF3O2/c1-4-5-8-22-19-31-28(37)39-29(22)12-17-34(18-13-29)23-10-15-35(16-11-23)26(36)25-20(2)32-27(33-21(25)3)38-24-9-6-7-14-30-24;3-2(4,5)1(6)7/h6-7,9,14,22-23H,4-5,8,10-13,15-19H2,1-3H3,(H,31,37);(H,6,7). The molecular weight excluding hydrogens is 609 g/mol. The van der Waals surface area contributed by atoms with Crippen LogP contribution in [0.1, 0.15) is 73.6 Å². The number of carboxylic acid groups (broad SMARTS) is 1. The van der Waals surface area contributed by atoms with Gasteiger partial charge in [-0.05, 0) is 39.2 Å². The second kappa shape index (κ2) is 15.1. The first-order chi connectivity index (χ1) is 21.8. The fourth-order valence-corrected chi connectivity index (χ4v) is 6.42. The zero-order chi connectivity index (χ0) is 33.5. The summed E-state index contributed by atoms with van der Waals surface area (Å²) in [4.78, 5) is 52.0. The minimum atomic E-state index is -5.08. The molecule has 2 amide bonds. The third kappa shape index (κ3) is 8.62. The van der Waals surface area contributed by atoms with Gasteiger partial charge in [-0.2, -0.15) is 23.1 Å². The Bertz CT molecular complexity index is 1340. The Morgan fingerprint density at radius 3 is 2.28 bits per heavy atom. The number of rotatable bonds is 7. The van der Waals surface area contributed by atoms with E-state index in [2.05, 4.69) is 32.1 Å². The van der Waals surface area contributed by atoms with Gasteiger partial charge in [-0.15, -0.1) is 0 Å². The number of carbonyl (C=O) groups is 3. The van der Waals surface area contributed by atoms with Gasteiger partial charge in [0.15, 0.2) is 0 Å². The van der Waals surface area contributed by atoms with Crippen molar-refractivity contribution in [3.05, 3.63) is 41.3 Å². The van der Waals surface area contributed by atoms with Gasteiger partial charge in [0.1, 0.15) is 5.60 Å².